The lowest BCUT2D eigenvalue weighted by Crippen LogP contribution is -2.22. The molecule has 138 valence electrons. The van der Waals surface area contributed by atoms with Crippen LogP contribution in [-0.2, 0) is 19.2 Å². The fraction of sp³-hybridized carbons (Fsp3) is 0.444. The summed E-state index contributed by atoms with van der Waals surface area (Å²) in [6.45, 7) is 1.90. The quantitative estimate of drug-likeness (QED) is 0.586. The SMILES string of the molecule is CNC(=O)C1C(C(=O)O)C1C1C(C(=O)O)C1C(=O)Nc1ccc(C)cc1. The third-order valence-electron chi connectivity index (χ3n) is 5.34. The van der Waals surface area contributed by atoms with E-state index in [1.165, 1.54) is 7.05 Å². The molecule has 3 rings (SSSR count). The first kappa shape index (κ1) is 17.9. The van der Waals surface area contributed by atoms with Crippen molar-refractivity contribution in [2.75, 3.05) is 12.4 Å². The molecule has 2 aliphatic carbocycles. The second kappa shape index (κ2) is 6.44. The largest absolute Gasteiger partial charge is 0.481 e. The molecule has 8 nitrogen and oxygen atoms in total. The molecule has 0 radical (unpaired) electrons. The van der Waals surface area contributed by atoms with Crippen LogP contribution in [0.1, 0.15) is 5.56 Å². The number of nitrogens with one attached hydrogen (secondary N) is 2. The molecule has 1 aromatic rings. The maximum atomic E-state index is 12.5. The normalized spacial score (nSPS) is 31.6. The van der Waals surface area contributed by atoms with E-state index in [0.717, 1.165) is 5.56 Å². The number of carboxylic acid groups (broad SMARTS) is 2. The Morgan fingerprint density at radius 2 is 1.27 bits per heavy atom. The molecule has 2 fully saturated rings. The zero-order valence-corrected chi connectivity index (χ0v) is 14.3. The highest BCUT2D eigenvalue weighted by Gasteiger charge is 2.74. The van der Waals surface area contributed by atoms with Gasteiger partial charge in [-0.3, -0.25) is 19.2 Å². The predicted octanol–water partition coefficient (Wildman–Crippen LogP) is 0.573. The number of benzene rings is 1. The maximum Gasteiger partial charge on any atom is 0.307 e. The van der Waals surface area contributed by atoms with Crippen LogP contribution in [0.4, 0.5) is 5.69 Å². The molecule has 6 atom stereocenters. The fourth-order valence-electron chi connectivity index (χ4n) is 3.97. The summed E-state index contributed by atoms with van der Waals surface area (Å²) in [4.78, 5) is 47.3. The predicted molar refractivity (Wildman–Crippen MR) is 90.1 cm³/mol. The van der Waals surface area contributed by atoms with Crippen LogP contribution in [0.5, 0.6) is 0 Å². The van der Waals surface area contributed by atoms with E-state index in [0.29, 0.717) is 5.69 Å². The number of hydrogen-bond donors (Lipinski definition) is 4. The zero-order valence-electron chi connectivity index (χ0n) is 14.3. The van der Waals surface area contributed by atoms with Gasteiger partial charge in [-0.1, -0.05) is 17.7 Å². The van der Waals surface area contributed by atoms with Gasteiger partial charge >= 0.3 is 11.9 Å². The lowest BCUT2D eigenvalue weighted by molar-refractivity contribution is -0.141. The third kappa shape index (κ3) is 3.02. The van der Waals surface area contributed by atoms with E-state index in [4.69, 9.17) is 0 Å². The highest BCUT2D eigenvalue weighted by molar-refractivity contribution is 6.00. The van der Waals surface area contributed by atoms with Crippen molar-refractivity contribution < 1.29 is 29.4 Å². The summed E-state index contributed by atoms with van der Waals surface area (Å²) in [5.74, 6) is -8.02. The van der Waals surface area contributed by atoms with Gasteiger partial charge in [0.2, 0.25) is 11.8 Å². The van der Waals surface area contributed by atoms with Crippen molar-refractivity contribution in [3.05, 3.63) is 29.8 Å². The minimum Gasteiger partial charge on any atom is -0.481 e. The Balaban J connectivity index is 1.76. The number of carbonyl (C=O) groups excluding carboxylic acids is 2. The van der Waals surface area contributed by atoms with Gasteiger partial charge in [0.1, 0.15) is 0 Å². The van der Waals surface area contributed by atoms with Crippen LogP contribution in [0.25, 0.3) is 0 Å². The van der Waals surface area contributed by atoms with Crippen molar-refractivity contribution >= 4 is 29.4 Å². The van der Waals surface area contributed by atoms with Crippen molar-refractivity contribution in [3.8, 4) is 0 Å². The standard InChI is InChI=1S/C18H20N2O6/c1-7-3-5-8(6-4-7)20-16(22)12-10(14(12)18(25)26)9-11(15(21)19-2)13(9)17(23)24/h3-6,9-14H,1-2H3,(H,19,21)(H,20,22)(H,23,24)(H,25,26). The van der Waals surface area contributed by atoms with Gasteiger partial charge < -0.3 is 20.8 Å². The molecule has 2 amide bonds. The number of hydrogen-bond acceptors (Lipinski definition) is 4. The molecule has 0 aliphatic heterocycles. The van der Waals surface area contributed by atoms with Crippen LogP contribution in [0.3, 0.4) is 0 Å². The van der Waals surface area contributed by atoms with Crippen molar-refractivity contribution in [2.45, 2.75) is 6.92 Å². The third-order valence-corrected chi connectivity index (χ3v) is 5.34. The summed E-state index contributed by atoms with van der Waals surface area (Å²) in [5, 5.41) is 23.8. The van der Waals surface area contributed by atoms with Crippen LogP contribution in [0, 0.1) is 42.4 Å². The molecule has 26 heavy (non-hydrogen) atoms. The van der Waals surface area contributed by atoms with E-state index >= 15 is 0 Å². The molecular formula is C18H20N2O6. The van der Waals surface area contributed by atoms with Crippen LogP contribution < -0.4 is 10.6 Å². The summed E-state index contributed by atoms with van der Waals surface area (Å²) in [5.41, 5.74) is 1.57. The lowest BCUT2D eigenvalue weighted by atomic mass is 10.1. The van der Waals surface area contributed by atoms with Crippen LogP contribution in [0.2, 0.25) is 0 Å². The highest BCUT2D eigenvalue weighted by Crippen LogP contribution is 2.65. The molecule has 8 heteroatoms. The number of aryl methyl sites for hydroxylation is 1. The highest BCUT2D eigenvalue weighted by atomic mass is 16.4. The minimum atomic E-state index is -1.15. The van der Waals surface area contributed by atoms with Crippen molar-refractivity contribution in [2.24, 2.45) is 35.5 Å². The van der Waals surface area contributed by atoms with Gasteiger partial charge in [-0.2, -0.15) is 0 Å². The monoisotopic (exact) mass is 360 g/mol. The van der Waals surface area contributed by atoms with Gasteiger partial charge in [0.25, 0.3) is 0 Å². The Labute approximate surface area is 149 Å². The Kier molecular flexibility index (Phi) is 4.43. The summed E-state index contributed by atoms with van der Waals surface area (Å²) in [7, 11) is 1.40. The summed E-state index contributed by atoms with van der Waals surface area (Å²) >= 11 is 0. The molecule has 2 aliphatic rings. The molecule has 4 N–H and O–H groups in total. The van der Waals surface area contributed by atoms with E-state index < -0.39 is 59.3 Å². The second-order valence-corrected chi connectivity index (χ2v) is 6.90. The molecule has 0 saturated heterocycles. The number of carbonyl (C=O) groups is 4. The second-order valence-electron chi connectivity index (χ2n) is 6.90. The first-order chi connectivity index (χ1) is 12.3. The Morgan fingerprint density at radius 3 is 1.69 bits per heavy atom. The van der Waals surface area contributed by atoms with Gasteiger partial charge in [0.15, 0.2) is 0 Å². The van der Waals surface area contributed by atoms with Gasteiger partial charge in [0, 0.05) is 12.7 Å². The average molecular weight is 360 g/mol. The maximum absolute atomic E-state index is 12.5. The number of rotatable bonds is 6. The Morgan fingerprint density at radius 1 is 0.808 bits per heavy atom. The molecule has 6 unspecified atom stereocenters. The minimum absolute atomic E-state index is 0.434. The van der Waals surface area contributed by atoms with Gasteiger partial charge in [0.05, 0.1) is 23.7 Å². The molecule has 0 heterocycles. The fourth-order valence-corrected chi connectivity index (χ4v) is 3.97. The summed E-state index contributed by atoms with van der Waals surface area (Å²) < 4.78 is 0. The zero-order chi connectivity index (χ0) is 19.2. The van der Waals surface area contributed by atoms with Crippen LogP contribution >= 0.6 is 0 Å². The van der Waals surface area contributed by atoms with Gasteiger partial charge in [-0.25, -0.2) is 0 Å². The number of carboxylic acids is 2. The topological polar surface area (TPSA) is 133 Å². The van der Waals surface area contributed by atoms with Crippen molar-refractivity contribution in [3.63, 3.8) is 0 Å². The van der Waals surface area contributed by atoms with Crippen molar-refractivity contribution in [1.82, 2.24) is 5.32 Å². The summed E-state index contributed by atoms with van der Waals surface area (Å²) in [6.07, 6.45) is 0. The molecule has 0 spiro atoms. The number of amides is 2. The molecule has 0 aromatic heterocycles. The number of aliphatic carboxylic acids is 2. The van der Waals surface area contributed by atoms with E-state index in [2.05, 4.69) is 10.6 Å². The molecular weight excluding hydrogens is 340 g/mol. The lowest BCUT2D eigenvalue weighted by Gasteiger charge is -2.05. The van der Waals surface area contributed by atoms with E-state index in [-0.39, 0.29) is 0 Å². The van der Waals surface area contributed by atoms with Crippen LogP contribution in [0.15, 0.2) is 24.3 Å². The Bertz CT molecular complexity index is 774. The van der Waals surface area contributed by atoms with E-state index in [1.54, 1.807) is 12.1 Å². The first-order valence-corrected chi connectivity index (χ1v) is 8.32. The van der Waals surface area contributed by atoms with Gasteiger partial charge in [-0.15, -0.1) is 0 Å². The van der Waals surface area contributed by atoms with Crippen LogP contribution in [-0.4, -0.2) is 41.0 Å². The smallest absolute Gasteiger partial charge is 0.307 e. The average Bonchev–Trinajstić information content (AvgIpc) is 3.46. The Hall–Kier alpha value is -2.90. The molecule has 1 aromatic carbocycles. The van der Waals surface area contributed by atoms with E-state index in [9.17, 15) is 29.4 Å². The summed E-state index contributed by atoms with van der Waals surface area (Å²) in [6, 6.07) is 7.06. The van der Waals surface area contributed by atoms with Crippen molar-refractivity contribution in [1.29, 1.82) is 0 Å². The van der Waals surface area contributed by atoms with Gasteiger partial charge in [-0.05, 0) is 30.9 Å². The molecule has 0 bridgehead atoms. The number of anilines is 1. The van der Waals surface area contributed by atoms with E-state index in [1.807, 2.05) is 19.1 Å². The first-order valence-electron chi connectivity index (χ1n) is 8.32. The molecule has 2 saturated carbocycles.